The van der Waals surface area contributed by atoms with Crippen LogP contribution in [0.2, 0.25) is 0 Å². The Kier molecular flexibility index (Phi) is 2.93. The molecule has 2 nitrogen and oxygen atoms in total. The van der Waals surface area contributed by atoms with E-state index in [0.717, 1.165) is 11.3 Å². The molecule has 1 aromatic rings. The minimum Gasteiger partial charge on any atom is -0.389 e. The summed E-state index contributed by atoms with van der Waals surface area (Å²) in [7, 11) is 0. The van der Waals surface area contributed by atoms with Crippen molar-refractivity contribution in [1.29, 1.82) is 0 Å². The minimum absolute atomic E-state index is 0.297. The van der Waals surface area contributed by atoms with E-state index in [4.69, 9.17) is 18.0 Å². The maximum atomic E-state index is 5.81. The third-order valence-electron chi connectivity index (χ3n) is 4.76. The van der Waals surface area contributed by atoms with Gasteiger partial charge in [-0.05, 0) is 29.9 Å². The second-order valence-corrected chi connectivity index (χ2v) is 6.87. The lowest BCUT2D eigenvalue weighted by Gasteiger charge is -2.13. The molecule has 98 valence electrons. The number of hydrogen-bond donors (Lipinski definition) is 2. The molecule has 3 heteroatoms. The first kappa shape index (κ1) is 13.3. The van der Waals surface area contributed by atoms with Gasteiger partial charge in [-0.3, -0.25) is 0 Å². The van der Waals surface area contributed by atoms with Gasteiger partial charge in [-0.1, -0.05) is 51.5 Å². The molecule has 0 aliphatic heterocycles. The van der Waals surface area contributed by atoms with E-state index >= 15 is 0 Å². The van der Waals surface area contributed by atoms with E-state index < -0.39 is 0 Å². The number of benzene rings is 1. The van der Waals surface area contributed by atoms with E-state index in [1.807, 2.05) is 6.07 Å². The number of hydrogen-bond acceptors (Lipinski definition) is 2. The van der Waals surface area contributed by atoms with Crippen LogP contribution in [0.15, 0.2) is 18.2 Å². The highest BCUT2D eigenvalue weighted by Gasteiger charge is 2.65. The highest BCUT2D eigenvalue weighted by atomic mass is 32.1. The molecular weight excluding hydrogens is 240 g/mol. The lowest BCUT2D eigenvalue weighted by Crippen LogP contribution is -2.17. The summed E-state index contributed by atoms with van der Waals surface area (Å²) in [5.41, 5.74) is 9.58. The van der Waals surface area contributed by atoms with Crippen molar-refractivity contribution < 1.29 is 0 Å². The Balaban J connectivity index is 2.29. The molecule has 18 heavy (non-hydrogen) atoms. The molecule has 1 aromatic carbocycles. The largest absolute Gasteiger partial charge is 0.389 e. The van der Waals surface area contributed by atoms with Gasteiger partial charge in [-0.2, -0.15) is 0 Å². The van der Waals surface area contributed by atoms with Gasteiger partial charge < -0.3 is 11.1 Å². The van der Waals surface area contributed by atoms with Crippen LogP contribution in [0.1, 0.15) is 38.8 Å². The fraction of sp³-hybridized carbons (Fsp3) is 0.533. The van der Waals surface area contributed by atoms with Crippen LogP contribution in [0.25, 0.3) is 0 Å². The molecule has 0 spiro atoms. The number of aryl methyl sites for hydroxylation is 1. The van der Waals surface area contributed by atoms with Crippen LogP contribution in [0.3, 0.4) is 0 Å². The predicted octanol–water partition coefficient (Wildman–Crippen LogP) is 3.48. The molecule has 0 unspecified atom stereocenters. The van der Waals surface area contributed by atoms with E-state index in [2.05, 4.69) is 52.1 Å². The first-order valence-electron chi connectivity index (χ1n) is 6.35. The summed E-state index contributed by atoms with van der Waals surface area (Å²) in [6.45, 7) is 11.2. The highest BCUT2D eigenvalue weighted by molar-refractivity contribution is 7.80. The quantitative estimate of drug-likeness (QED) is 0.819. The summed E-state index contributed by atoms with van der Waals surface area (Å²) >= 11 is 5.13. The van der Waals surface area contributed by atoms with Crippen molar-refractivity contribution in [1.82, 2.24) is 0 Å². The molecule has 2 rings (SSSR count). The fourth-order valence-electron chi connectivity index (χ4n) is 2.70. The number of nitrogens with one attached hydrogen (secondary N) is 1. The van der Waals surface area contributed by atoms with Crippen LogP contribution in [-0.2, 0) is 0 Å². The SMILES string of the molecule is Cc1ccc(NC2C(C)(C)C2(C)C)c(C(N)=S)c1. The Morgan fingerprint density at radius 2 is 1.78 bits per heavy atom. The van der Waals surface area contributed by atoms with Crippen LogP contribution in [0.4, 0.5) is 5.69 Å². The highest BCUT2D eigenvalue weighted by Crippen LogP contribution is 2.63. The van der Waals surface area contributed by atoms with Crippen LogP contribution in [-0.4, -0.2) is 11.0 Å². The summed E-state index contributed by atoms with van der Waals surface area (Å²) in [5, 5.41) is 3.61. The minimum atomic E-state index is 0.297. The second-order valence-electron chi connectivity index (χ2n) is 6.43. The monoisotopic (exact) mass is 262 g/mol. The molecule has 0 amide bonds. The molecule has 0 heterocycles. The van der Waals surface area contributed by atoms with Crippen molar-refractivity contribution >= 4 is 22.9 Å². The van der Waals surface area contributed by atoms with Crippen molar-refractivity contribution in [3.05, 3.63) is 29.3 Å². The van der Waals surface area contributed by atoms with Gasteiger partial charge in [-0.25, -0.2) is 0 Å². The standard InChI is InChI=1S/C15H22N2S/c1-9-6-7-11(10(8-9)12(16)18)17-13-14(2,3)15(13,4)5/h6-8,13,17H,1-5H3,(H2,16,18). The average Bonchev–Trinajstić information content (AvgIpc) is 2.62. The van der Waals surface area contributed by atoms with Gasteiger partial charge in [-0.15, -0.1) is 0 Å². The van der Waals surface area contributed by atoms with Gasteiger partial charge in [0.15, 0.2) is 0 Å². The lowest BCUT2D eigenvalue weighted by atomic mass is 10.0. The summed E-state index contributed by atoms with van der Waals surface area (Å²) in [6.07, 6.45) is 0. The number of nitrogens with two attached hydrogens (primary N) is 1. The third-order valence-corrected chi connectivity index (χ3v) is 4.98. The summed E-state index contributed by atoms with van der Waals surface area (Å²) < 4.78 is 0. The number of rotatable bonds is 3. The van der Waals surface area contributed by atoms with Gasteiger partial charge >= 0.3 is 0 Å². The van der Waals surface area contributed by atoms with E-state index in [-0.39, 0.29) is 0 Å². The Bertz CT molecular complexity index is 489. The maximum Gasteiger partial charge on any atom is 0.106 e. The molecule has 3 N–H and O–H groups in total. The molecule has 1 aliphatic rings. The molecule has 1 aliphatic carbocycles. The van der Waals surface area contributed by atoms with Gasteiger partial charge in [0, 0.05) is 17.3 Å². The molecule has 0 radical (unpaired) electrons. The summed E-state index contributed by atoms with van der Waals surface area (Å²) in [4.78, 5) is 0.456. The van der Waals surface area contributed by atoms with E-state index in [1.165, 1.54) is 5.56 Å². The Morgan fingerprint density at radius 1 is 1.22 bits per heavy atom. The van der Waals surface area contributed by atoms with Crippen molar-refractivity contribution in [2.75, 3.05) is 5.32 Å². The zero-order chi connectivity index (χ0) is 13.7. The molecule has 0 atom stereocenters. The first-order chi connectivity index (χ1) is 8.18. The van der Waals surface area contributed by atoms with Crippen molar-refractivity contribution in [3.63, 3.8) is 0 Å². The second kappa shape index (κ2) is 3.95. The van der Waals surface area contributed by atoms with Gasteiger partial charge in [0.2, 0.25) is 0 Å². The van der Waals surface area contributed by atoms with Gasteiger partial charge in [0.05, 0.1) is 0 Å². The zero-order valence-electron chi connectivity index (χ0n) is 11.8. The third kappa shape index (κ3) is 1.91. The topological polar surface area (TPSA) is 38.0 Å². The number of thiocarbonyl (C=S) groups is 1. The Labute approximate surface area is 115 Å². The molecular formula is C15H22N2S. The lowest BCUT2D eigenvalue weighted by molar-refractivity contribution is 0.457. The van der Waals surface area contributed by atoms with Gasteiger partial charge in [0.1, 0.15) is 4.99 Å². The smallest absolute Gasteiger partial charge is 0.106 e. The van der Waals surface area contributed by atoms with E-state index in [0.29, 0.717) is 21.9 Å². The molecule has 0 bridgehead atoms. The number of anilines is 1. The van der Waals surface area contributed by atoms with Crippen LogP contribution in [0, 0.1) is 17.8 Å². The average molecular weight is 262 g/mol. The molecule has 1 fully saturated rings. The molecule has 1 saturated carbocycles. The van der Waals surface area contributed by atoms with E-state index in [9.17, 15) is 0 Å². The van der Waals surface area contributed by atoms with Crippen LogP contribution < -0.4 is 11.1 Å². The van der Waals surface area contributed by atoms with Crippen LogP contribution in [0.5, 0.6) is 0 Å². The molecule has 0 aromatic heterocycles. The van der Waals surface area contributed by atoms with E-state index in [1.54, 1.807) is 0 Å². The predicted molar refractivity (Wildman–Crippen MR) is 82.0 cm³/mol. The zero-order valence-corrected chi connectivity index (χ0v) is 12.6. The van der Waals surface area contributed by atoms with Crippen molar-refractivity contribution in [3.8, 4) is 0 Å². The maximum absolute atomic E-state index is 5.81. The van der Waals surface area contributed by atoms with Gasteiger partial charge in [0.25, 0.3) is 0 Å². The summed E-state index contributed by atoms with van der Waals surface area (Å²) in [6, 6.07) is 6.68. The molecule has 0 saturated heterocycles. The normalized spacial score (nSPS) is 20.5. The first-order valence-corrected chi connectivity index (χ1v) is 6.76. The van der Waals surface area contributed by atoms with Crippen molar-refractivity contribution in [2.24, 2.45) is 16.6 Å². The Hall–Kier alpha value is -1.09. The van der Waals surface area contributed by atoms with Crippen LogP contribution >= 0.6 is 12.2 Å². The fourth-order valence-corrected chi connectivity index (χ4v) is 2.87. The van der Waals surface area contributed by atoms with Crippen molar-refractivity contribution in [2.45, 2.75) is 40.7 Å². The Morgan fingerprint density at radius 3 is 2.22 bits per heavy atom. The summed E-state index contributed by atoms with van der Waals surface area (Å²) in [5.74, 6) is 0.